The van der Waals surface area contributed by atoms with E-state index < -0.39 is 17.9 Å². The fourth-order valence-corrected chi connectivity index (χ4v) is 4.69. The summed E-state index contributed by atoms with van der Waals surface area (Å²) >= 11 is 2.89. The van der Waals surface area contributed by atoms with Crippen molar-refractivity contribution in [3.63, 3.8) is 0 Å². The van der Waals surface area contributed by atoms with Gasteiger partial charge in [-0.05, 0) is 18.4 Å². The summed E-state index contributed by atoms with van der Waals surface area (Å²) < 4.78 is 10.5. The van der Waals surface area contributed by atoms with E-state index in [2.05, 4.69) is 15.5 Å². The highest BCUT2D eigenvalue weighted by Crippen LogP contribution is 2.38. The molecule has 186 valence electrons. The molecule has 3 heterocycles. The van der Waals surface area contributed by atoms with Gasteiger partial charge in [-0.2, -0.15) is 0 Å². The van der Waals surface area contributed by atoms with Gasteiger partial charge in [0, 0.05) is 42.0 Å². The Morgan fingerprint density at radius 1 is 1.15 bits per heavy atom. The minimum Gasteiger partial charge on any atom is -0.473 e. The van der Waals surface area contributed by atoms with Gasteiger partial charge in [-0.15, -0.1) is 22.7 Å². The van der Waals surface area contributed by atoms with Crippen LogP contribution in [0.2, 0.25) is 0 Å². The third-order valence-electron chi connectivity index (χ3n) is 4.49. The van der Waals surface area contributed by atoms with E-state index in [0.717, 1.165) is 49.8 Å². The SMILES string of the molecule is CCOC(=O)c1c(-c2cccs2)csc1NC(=O)CNCCN1CCOCC1.O=C(O)C(=O)O. The number of amides is 1. The molecule has 2 aromatic heterocycles. The number of thiophene rings is 2. The molecule has 1 fully saturated rings. The number of nitrogens with zero attached hydrogens (tertiary/aromatic N) is 1. The fraction of sp³-hybridized carbons (Fsp3) is 0.429. The Bertz CT molecular complexity index is 943. The number of carboxylic acid groups (broad SMARTS) is 2. The van der Waals surface area contributed by atoms with Crippen molar-refractivity contribution in [3.8, 4) is 10.4 Å². The molecule has 2 aromatic rings. The van der Waals surface area contributed by atoms with Crippen LogP contribution in [0.4, 0.5) is 5.00 Å². The fourth-order valence-electron chi connectivity index (χ4n) is 2.90. The third-order valence-corrected chi connectivity index (χ3v) is 6.29. The minimum atomic E-state index is -1.82. The highest BCUT2D eigenvalue weighted by Gasteiger charge is 2.23. The average molecular weight is 514 g/mol. The first-order valence-corrected chi connectivity index (χ1v) is 12.2. The van der Waals surface area contributed by atoms with Crippen LogP contribution in [0.25, 0.3) is 10.4 Å². The molecule has 0 atom stereocenters. The van der Waals surface area contributed by atoms with E-state index in [9.17, 15) is 9.59 Å². The van der Waals surface area contributed by atoms with E-state index in [1.807, 2.05) is 22.9 Å². The van der Waals surface area contributed by atoms with Crippen molar-refractivity contribution in [2.75, 3.05) is 57.9 Å². The molecule has 0 unspecified atom stereocenters. The van der Waals surface area contributed by atoms with Crippen molar-refractivity contribution in [2.45, 2.75) is 6.92 Å². The van der Waals surface area contributed by atoms with E-state index in [1.54, 1.807) is 18.3 Å². The number of carbonyl (C=O) groups excluding carboxylic acids is 2. The monoisotopic (exact) mass is 513 g/mol. The highest BCUT2D eigenvalue weighted by molar-refractivity contribution is 7.17. The number of carbonyl (C=O) groups is 4. The molecule has 0 bridgehead atoms. The summed E-state index contributed by atoms with van der Waals surface area (Å²) in [6.45, 7) is 7.24. The molecule has 11 nitrogen and oxygen atoms in total. The van der Waals surface area contributed by atoms with Crippen molar-refractivity contribution in [1.29, 1.82) is 0 Å². The molecule has 3 rings (SSSR count). The number of ether oxygens (including phenoxy) is 2. The summed E-state index contributed by atoms with van der Waals surface area (Å²) in [7, 11) is 0. The maximum absolute atomic E-state index is 12.5. The van der Waals surface area contributed by atoms with Gasteiger partial charge in [0.15, 0.2) is 0 Å². The standard InChI is InChI=1S/C19H25N3O4S2.C2H2O4/c1-2-26-19(24)17-14(15-4-3-11-27-15)13-28-18(17)21-16(23)12-20-5-6-22-7-9-25-10-8-22;3-1(4)2(5)6/h3-4,11,13,20H,2,5-10,12H2,1H3,(H,21,23);(H,3,4)(H,5,6). The lowest BCUT2D eigenvalue weighted by atomic mass is 10.1. The molecule has 0 aromatic carbocycles. The minimum absolute atomic E-state index is 0.174. The maximum Gasteiger partial charge on any atom is 0.414 e. The van der Waals surface area contributed by atoms with Gasteiger partial charge in [-0.25, -0.2) is 14.4 Å². The van der Waals surface area contributed by atoms with Crippen molar-refractivity contribution in [3.05, 3.63) is 28.5 Å². The van der Waals surface area contributed by atoms with Crippen LogP contribution in [0.15, 0.2) is 22.9 Å². The lowest BCUT2D eigenvalue weighted by molar-refractivity contribution is -0.159. The Morgan fingerprint density at radius 2 is 1.85 bits per heavy atom. The maximum atomic E-state index is 12.5. The molecular formula is C21H27N3O8S2. The van der Waals surface area contributed by atoms with E-state index in [1.165, 1.54) is 11.3 Å². The first-order valence-electron chi connectivity index (χ1n) is 10.4. The van der Waals surface area contributed by atoms with E-state index >= 15 is 0 Å². The first kappa shape index (κ1) is 27.4. The number of carboxylic acids is 2. The van der Waals surface area contributed by atoms with Crippen molar-refractivity contribution < 1.29 is 38.9 Å². The lowest BCUT2D eigenvalue weighted by Crippen LogP contribution is -2.41. The van der Waals surface area contributed by atoms with E-state index in [4.69, 9.17) is 29.3 Å². The molecule has 1 aliphatic heterocycles. The summed E-state index contributed by atoms with van der Waals surface area (Å²) in [6.07, 6.45) is 0. The van der Waals surface area contributed by atoms with Gasteiger partial charge in [0.05, 0.1) is 26.4 Å². The summed E-state index contributed by atoms with van der Waals surface area (Å²) in [4.78, 5) is 46.3. The zero-order chi connectivity index (χ0) is 24.9. The summed E-state index contributed by atoms with van der Waals surface area (Å²) in [5, 5.41) is 25.2. The Hall–Kier alpha value is -2.84. The van der Waals surface area contributed by atoms with Crippen LogP contribution < -0.4 is 10.6 Å². The second-order valence-corrected chi connectivity index (χ2v) is 8.67. The van der Waals surface area contributed by atoms with Crippen LogP contribution in [0.5, 0.6) is 0 Å². The van der Waals surface area contributed by atoms with E-state index in [-0.39, 0.29) is 19.1 Å². The third kappa shape index (κ3) is 8.83. The molecule has 0 saturated carbocycles. The van der Waals surface area contributed by atoms with Crippen LogP contribution >= 0.6 is 22.7 Å². The largest absolute Gasteiger partial charge is 0.473 e. The number of morpholine rings is 1. The topological polar surface area (TPSA) is 154 Å². The Labute approximate surface area is 204 Å². The molecule has 13 heteroatoms. The smallest absolute Gasteiger partial charge is 0.414 e. The molecule has 0 aliphatic carbocycles. The number of rotatable bonds is 9. The molecular weight excluding hydrogens is 486 g/mol. The molecule has 1 aliphatic rings. The number of hydrogen-bond donors (Lipinski definition) is 4. The molecule has 34 heavy (non-hydrogen) atoms. The molecule has 0 radical (unpaired) electrons. The molecule has 1 saturated heterocycles. The Kier molecular flexibility index (Phi) is 11.6. The van der Waals surface area contributed by atoms with E-state index in [0.29, 0.717) is 10.6 Å². The highest BCUT2D eigenvalue weighted by atomic mass is 32.1. The van der Waals surface area contributed by atoms with Crippen LogP contribution in [-0.2, 0) is 23.9 Å². The van der Waals surface area contributed by atoms with Crippen LogP contribution in [0.3, 0.4) is 0 Å². The molecule has 4 N–H and O–H groups in total. The van der Waals surface area contributed by atoms with Crippen LogP contribution in [0, 0.1) is 0 Å². The molecule has 1 amide bonds. The van der Waals surface area contributed by atoms with Gasteiger partial charge in [0.2, 0.25) is 5.91 Å². The number of esters is 1. The zero-order valence-electron chi connectivity index (χ0n) is 18.6. The second kappa shape index (κ2) is 14.4. The zero-order valence-corrected chi connectivity index (χ0v) is 20.2. The van der Waals surface area contributed by atoms with Gasteiger partial charge >= 0.3 is 17.9 Å². The van der Waals surface area contributed by atoms with Gasteiger partial charge in [-0.1, -0.05) is 6.07 Å². The van der Waals surface area contributed by atoms with Crippen molar-refractivity contribution in [2.24, 2.45) is 0 Å². The normalized spacial score (nSPS) is 13.4. The quantitative estimate of drug-likeness (QED) is 0.221. The van der Waals surface area contributed by atoms with Gasteiger partial charge in [0.25, 0.3) is 0 Å². The summed E-state index contributed by atoms with van der Waals surface area (Å²) in [5.74, 6) is -4.24. The van der Waals surface area contributed by atoms with Crippen LogP contribution in [0.1, 0.15) is 17.3 Å². The van der Waals surface area contributed by atoms with Gasteiger partial charge in [0.1, 0.15) is 10.6 Å². The van der Waals surface area contributed by atoms with Crippen molar-refractivity contribution >= 4 is 51.5 Å². The van der Waals surface area contributed by atoms with Gasteiger partial charge < -0.3 is 30.3 Å². The van der Waals surface area contributed by atoms with Crippen molar-refractivity contribution in [1.82, 2.24) is 10.2 Å². The summed E-state index contributed by atoms with van der Waals surface area (Å²) in [5.41, 5.74) is 1.23. The first-order chi connectivity index (χ1) is 16.3. The van der Waals surface area contributed by atoms with Crippen LogP contribution in [-0.4, -0.2) is 91.5 Å². The Morgan fingerprint density at radius 3 is 2.44 bits per heavy atom. The predicted molar refractivity (Wildman–Crippen MR) is 128 cm³/mol. The number of hydrogen-bond acceptors (Lipinski definition) is 10. The number of nitrogens with one attached hydrogen (secondary N) is 2. The Balaban J connectivity index is 0.000000604. The second-order valence-electron chi connectivity index (χ2n) is 6.84. The lowest BCUT2D eigenvalue weighted by Gasteiger charge is -2.26. The summed E-state index contributed by atoms with van der Waals surface area (Å²) in [6, 6.07) is 3.89. The number of aliphatic carboxylic acids is 2. The predicted octanol–water partition coefficient (Wildman–Crippen LogP) is 1.67. The number of anilines is 1. The van der Waals surface area contributed by atoms with Gasteiger partial charge in [-0.3, -0.25) is 9.69 Å². The average Bonchev–Trinajstić information content (AvgIpc) is 3.48. The molecule has 0 spiro atoms.